The van der Waals surface area contributed by atoms with Crippen molar-refractivity contribution >= 4 is 15.9 Å². The summed E-state index contributed by atoms with van der Waals surface area (Å²) in [5.74, 6) is -0.660. The highest BCUT2D eigenvalue weighted by molar-refractivity contribution is 7.89. The standard InChI is InChI=1S/C15H17N3O3S/c1-10-6-7-12(9-13(10)15(16)19)22(20,21)18-11(2)14-5-3-4-8-17-14/h3-9,11,18H,1-2H3,(H2,16,19). The Balaban J connectivity index is 2.31. The van der Waals surface area contributed by atoms with Crippen LogP contribution in [-0.4, -0.2) is 19.3 Å². The zero-order chi connectivity index (χ0) is 16.3. The highest BCUT2D eigenvalue weighted by Gasteiger charge is 2.20. The van der Waals surface area contributed by atoms with Crippen molar-refractivity contribution in [2.75, 3.05) is 0 Å². The van der Waals surface area contributed by atoms with Gasteiger partial charge in [0.25, 0.3) is 0 Å². The van der Waals surface area contributed by atoms with Crippen LogP contribution >= 0.6 is 0 Å². The number of nitrogens with two attached hydrogens (primary N) is 1. The minimum Gasteiger partial charge on any atom is -0.366 e. The van der Waals surface area contributed by atoms with Crippen LogP contribution in [0.1, 0.15) is 34.6 Å². The normalized spacial score (nSPS) is 12.8. The molecule has 0 bridgehead atoms. The number of pyridine rings is 1. The first-order valence-corrected chi connectivity index (χ1v) is 8.13. The average molecular weight is 319 g/mol. The molecule has 7 heteroatoms. The number of carbonyl (C=O) groups excluding carboxylic acids is 1. The minimum atomic E-state index is -3.78. The molecule has 3 N–H and O–H groups in total. The van der Waals surface area contributed by atoms with E-state index in [0.29, 0.717) is 11.3 Å². The summed E-state index contributed by atoms with van der Waals surface area (Å²) in [6.45, 7) is 3.39. The second kappa shape index (κ2) is 6.25. The summed E-state index contributed by atoms with van der Waals surface area (Å²) in [5.41, 5.74) is 6.68. The molecule has 1 amide bonds. The van der Waals surface area contributed by atoms with Crippen molar-refractivity contribution in [1.82, 2.24) is 9.71 Å². The second-order valence-electron chi connectivity index (χ2n) is 4.94. The molecule has 0 spiro atoms. The van der Waals surface area contributed by atoms with Gasteiger partial charge in [-0.1, -0.05) is 12.1 Å². The van der Waals surface area contributed by atoms with Crippen LogP contribution in [0.4, 0.5) is 0 Å². The molecule has 2 rings (SSSR count). The number of nitrogens with zero attached hydrogens (tertiary/aromatic N) is 1. The molecular weight excluding hydrogens is 302 g/mol. The summed E-state index contributed by atoms with van der Waals surface area (Å²) in [4.78, 5) is 15.5. The van der Waals surface area contributed by atoms with Crippen molar-refractivity contribution < 1.29 is 13.2 Å². The molecule has 22 heavy (non-hydrogen) atoms. The van der Waals surface area contributed by atoms with Gasteiger partial charge in [0, 0.05) is 11.8 Å². The van der Waals surface area contributed by atoms with Crippen molar-refractivity contribution in [2.45, 2.75) is 24.8 Å². The second-order valence-corrected chi connectivity index (χ2v) is 6.65. The van der Waals surface area contributed by atoms with Crippen molar-refractivity contribution in [2.24, 2.45) is 5.73 Å². The summed E-state index contributed by atoms with van der Waals surface area (Å²) < 4.78 is 27.4. The number of aromatic nitrogens is 1. The van der Waals surface area contributed by atoms with Crippen molar-refractivity contribution in [3.05, 3.63) is 59.4 Å². The average Bonchev–Trinajstić information content (AvgIpc) is 2.47. The minimum absolute atomic E-state index is 0.00492. The van der Waals surface area contributed by atoms with Crippen LogP contribution in [0, 0.1) is 6.92 Å². The number of hydrogen-bond acceptors (Lipinski definition) is 4. The number of rotatable bonds is 5. The van der Waals surface area contributed by atoms with Crippen LogP contribution < -0.4 is 10.5 Å². The Labute approximate surface area is 129 Å². The molecule has 1 aromatic carbocycles. The van der Waals surface area contributed by atoms with Gasteiger partial charge >= 0.3 is 0 Å². The van der Waals surface area contributed by atoms with Gasteiger partial charge in [-0.25, -0.2) is 13.1 Å². The third-order valence-corrected chi connectivity index (χ3v) is 4.79. The van der Waals surface area contributed by atoms with E-state index in [1.165, 1.54) is 12.1 Å². The van der Waals surface area contributed by atoms with Gasteiger partial charge in [0.2, 0.25) is 15.9 Å². The predicted octanol–water partition coefficient (Wildman–Crippen LogP) is 1.53. The molecule has 0 aliphatic heterocycles. The van der Waals surface area contributed by atoms with Gasteiger partial charge in [-0.2, -0.15) is 0 Å². The first-order chi connectivity index (χ1) is 10.3. The first-order valence-electron chi connectivity index (χ1n) is 6.65. The van der Waals surface area contributed by atoms with E-state index in [4.69, 9.17) is 5.73 Å². The van der Waals surface area contributed by atoms with Crippen molar-refractivity contribution in [3.63, 3.8) is 0 Å². The molecule has 2 aromatic rings. The third-order valence-electron chi connectivity index (χ3n) is 3.25. The maximum Gasteiger partial charge on any atom is 0.249 e. The molecule has 1 heterocycles. The molecule has 0 saturated carbocycles. The number of amides is 1. The van der Waals surface area contributed by atoms with Gasteiger partial charge in [-0.3, -0.25) is 9.78 Å². The van der Waals surface area contributed by atoms with Gasteiger partial charge in [0.05, 0.1) is 16.6 Å². The Kier molecular flexibility index (Phi) is 4.58. The largest absolute Gasteiger partial charge is 0.366 e. The fraction of sp³-hybridized carbons (Fsp3) is 0.200. The maximum atomic E-state index is 12.4. The van der Waals surface area contributed by atoms with E-state index in [0.717, 1.165) is 0 Å². The molecule has 6 nitrogen and oxygen atoms in total. The summed E-state index contributed by atoms with van der Waals surface area (Å²) >= 11 is 0. The van der Waals surface area contributed by atoms with Crippen LogP contribution in [0.2, 0.25) is 0 Å². The lowest BCUT2D eigenvalue weighted by molar-refractivity contribution is 0.0999. The van der Waals surface area contributed by atoms with Crippen molar-refractivity contribution in [3.8, 4) is 0 Å². The lowest BCUT2D eigenvalue weighted by Gasteiger charge is -2.14. The fourth-order valence-electron chi connectivity index (χ4n) is 2.03. The molecular formula is C15H17N3O3S. The van der Waals surface area contributed by atoms with Gasteiger partial charge in [-0.15, -0.1) is 0 Å². The predicted molar refractivity (Wildman–Crippen MR) is 82.7 cm³/mol. The van der Waals surface area contributed by atoms with Gasteiger partial charge in [-0.05, 0) is 43.7 Å². The molecule has 0 saturated heterocycles. The van der Waals surface area contributed by atoms with Crippen LogP contribution in [0.5, 0.6) is 0 Å². The number of hydrogen-bond donors (Lipinski definition) is 2. The maximum absolute atomic E-state index is 12.4. The van der Waals surface area contributed by atoms with Gasteiger partial charge in [0.1, 0.15) is 0 Å². The Morgan fingerprint density at radius 1 is 1.27 bits per heavy atom. The molecule has 0 fully saturated rings. The first kappa shape index (κ1) is 16.1. The SMILES string of the molecule is Cc1ccc(S(=O)(=O)NC(C)c2ccccn2)cc1C(N)=O. The summed E-state index contributed by atoms with van der Waals surface area (Å²) in [6, 6.07) is 9.05. The van der Waals surface area contributed by atoms with E-state index in [9.17, 15) is 13.2 Å². The van der Waals surface area contributed by atoms with Crippen LogP contribution in [-0.2, 0) is 10.0 Å². The van der Waals surface area contributed by atoms with E-state index in [-0.39, 0.29) is 10.5 Å². The van der Waals surface area contributed by atoms with E-state index in [1.54, 1.807) is 44.3 Å². The fourth-order valence-corrected chi connectivity index (χ4v) is 3.27. The zero-order valence-electron chi connectivity index (χ0n) is 12.3. The van der Waals surface area contributed by atoms with Crippen molar-refractivity contribution in [1.29, 1.82) is 0 Å². The topological polar surface area (TPSA) is 102 Å². The number of nitrogens with one attached hydrogen (secondary N) is 1. The lowest BCUT2D eigenvalue weighted by atomic mass is 10.1. The number of sulfonamides is 1. The summed E-state index contributed by atoms with van der Waals surface area (Å²) in [5, 5.41) is 0. The molecule has 116 valence electrons. The van der Waals surface area contributed by atoms with Crippen LogP contribution in [0.25, 0.3) is 0 Å². The number of carbonyl (C=O) groups is 1. The number of benzene rings is 1. The van der Waals surface area contributed by atoms with E-state index < -0.39 is 22.0 Å². The quantitative estimate of drug-likeness (QED) is 0.872. The smallest absolute Gasteiger partial charge is 0.249 e. The Morgan fingerprint density at radius 2 is 2.00 bits per heavy atom. The molecule has 1 atom stereocenters. The molecule has 1 aromatic heterocycles. The Bertz CT molecular complexity index is 789. The molecule has 0 aliphatic rings. The number of aryl methyl sites for hydroxylation is 1. The molecule has 0 aliphatic carbocycles. The lowest BCUT2D eigenvalue weighted by Crippen LogP contribution is -2.28. The highest BCUT2D eigenvalue weighted by atomic mass is 32.2. The Hall–Kier alpha value is -2.25. The van der Waals surface area contributed by atoms with Gasteiger partial charge < -0.3 is 5.73 Å². The molecule has 0 radical (unpaired) electrons. The Morgan fingerprint density at radius 3 is 2.59 bits per heavy atom. The van der Waals surface area contributed by atoms with Crippen LogP contribution in [0.15, 0.2) is 47.5 Å². The monoisotopic (exact) mass is 319 g/mol. The van der Waals surface area contributed by atoms with E-state index >= 15 is 0 Å². The third kappa shape index (κ3) is 3.49. The highest BCUT2D eigenvalue weighted by Crippen LogP contribution is 2.18. The number of primary amides is 1. The zero-order valence-corrected chi connectivity index (χ0v) is 13.1. The summed E-state index contributed by atoms with van der Waals surface area (Å²) in [7, 11) is -3.78. The van der Waals surface area contributed by atoms with Crippen LogP contribution in [0.3, 0.4) is 0 Å². The summed E-state index contributed by atoms with van der Waals surface area (Å²) in [6.07, 6.45) is 1.59. The van der Waals surface area contributed by atoms with E-state index in [2.05, 4.69) is 9.71 Å². The van der Waals surface area contributed by atoms with Gasteiger partial charge in [0.15, 0.2) is 0 Å². The van der Waals surface area contributed by atoms with E-state index in [1.807, 2.05) is 0 Å². The molecule has 1 unspecified atom stereocenters.